The Balaban J connectivity index is 1.40. The zero-order valence-electron chi connectivity index (χ0n) is 17.5. The molecule has 6 nitrogen and oxygen atoms in total. The largest absolute Gasteiger partial charge is 0.416 e. The highest BCUT2D eigenvalue weighted by molar-refractivity contribution is 7.15. The Morgan fingerprint density at radius 1 is 0.882 bits per heavy atom. The quantitative estimate of drug-likeness (QED) is 0.372. The lowest BCUT2D eigenvalue weighted by Crippen LogP contribution is -2.14. The van der Waals surface area contributed by atoms with Crippen molar-refractivity contribution in [2.24, 2.45) is 0 Å². The third-order valence-electron chi connectivity index (χ3n) is 4.71. The normalized spacial score (nSPS) is 11.1. The van der Waals surface area contributed by atoms with Crippen LogP contribution in [0.25, 0.3) is 0 Å². The zero-order valence-corrected chi connectivity index (χ0v) is 18.3. The van der Waals surface area contributed by atoms with Crippen LogP contribution in [0, 0.1) is 0 Å². The van der Waals surface area contributed by atoms with Crippen molar-refractivity contribution < 1.29 is 22.8 Å². The summed E-state index contributed by atoms with van der Waals surface area (Å²) >= 11 is 1.18. The number of aromatic nitrogens is 2. The summed E-state index contributed by atoms with van der Waals surface area (Å²) in [5.41, 5.74) is 0.907. The maximum atomic E-state index is 12.9. The Labute approximate surface area is 196 Å². The first-order valence-electron chi connectivity index (χ1n) is 10.0. The summed E-state index contributed by atoms with van der Waals surface area (Å²) < 4.78 is 38.8. The fourth-order valence-electron chi connectivity index (χ4n) is 3.11. The van der Waals surface area contributed by atoms with Crippen molar-refractivity contribution in [1.82, 2.24) is 9.97 Å². The van der Waals surface area contributed by atoms with Gasteiger partial charge in [0.15, 0.2) is 5.13 Å². The van der Waals surface area contributed by atoms with Gasteiger partial charge in [-0.15, -0.1) is 11.3 Å². The van der Waals surface area contributed by atoms with Crippen LogP contribution >= 0.6 is 11.3 Å². The highest BCUT2D eigenvalue weighted by Gasteiger charge is 2.30. The van der Waals surface area contributed by atoms with Gasteiger partial charge in [0.25, 0.3) is 11.8 Å². The summed E-state index contributed by atoms with van der Waals surface area (Å²) in [5.74, 6) is -0.790. The number of alkyl halides is 3. The standard InChI is InChI=1S/C24H17F3N4O2S/c25-24(26,27)18-7-1-4-15(10-18)11-20-14-29-23(34-20)31-21(32)16-5-2-8-19(12-16)30-22(33)17-6-3-9-28-13-17/h1-10,12-14H,11H2,(H,30,33)(H,29,31,32). The molecule has 2 amide bonds. The second-order valence-electron chi connectivity index (χ2n) is 7.24. The average Bonchev–Trinajstić information content (AvgIpc) is 3.26. The van der Waals surface area contributed by atoms with Gasteiger partial charge in [-0.3, -0.25) is 19.9 Å². The molecule has 34 heavy (non-hydrogen) atoms. The number of amides is 2. The van der Waals surface area contributed by atoms with Crippen molar-refractivity contribution in [3.8, 4) is 0 Å². The van der Waals surface area contributed by atoms with Crippen LogP contribution in [0.3, 0.4) is 0 Å². The van der Waals surface area contributed by atoms with Gasteiger partial charge in [0.05, 0.1) is 11.1 Å². The van der Waals surface area contributed by atoms with E-state index in [-0.39, 0.29) is 12.3 Å². The van der Waals surface area contributed by atoms with Gasteiger partial charge >= 0.3 is 6.18 Å². The number of hydrogen-bond acceptors (Lipinski definition) is 5. The lowest BCUT2D eigenvalue weighted by Gasteiger charge is -2.08. The van der Waals surface area contributed by atoms with Crippen molar-refractivity contribution in [1.29, 1.82) is 0 Å². The SMILES string of the molecule is O=C(Nc1cccc(C(=O)Nc2ncc(Cc3cccc(C(F)(F)F)c3)s2)c1)c1cccnc1. The number of rotatable bonds is 6. The van der Waals surface area contributed by atoms with E-state index in [1.807, 2.05) is 0 Å². The van der Waals surface area contributed by atoms with Gasteiger partial charge in [-0.1, -0.05) is 24.3 Å². The van der Waals surface area contributed by atoms with Crippen LogP contribution in [0.2, 0.25) is 0 Å². The van der Waals surface area contributed by atoms with Crippen LogP contribution in [0.5, 0.6) is 0 Å². The number of nitrogens with one attached hydrogen (secondary N) is 2. The van der Waals surface area contributed by atoms with E-state index in [1.165, 1.54) is 35.9 Å². The Morgan fingerprint density at radius 2 is 1.65 bits per heavy atom. The van der Waals surface area contributed by atoms with E-state index < -0.39 is 17.6 Å². The Morgan fingerprint density at radius 3 is 2.41 bits per heavy atom. The van der Waals surface area contributed by atoms with E-state index >= 15 is 0 Å². The Kier molecular flexibility index (Phi) is 6.69. The number of benzene rings is 2. The molecule has 4 rings (SSSR count). The van der Waals surface area contributed by atoms with Crippen molar-refractivity contribution in [2.75, 3.05) is 10.6 Å². The minimum absolute atomic E-state index is 0.257. The topological polar surface area (TPSA) is 84.0 Å². The number of hydrogen-bond donors (Lipinski definition) is 2. The summed E-state index contributed by atoms with van der Waals surface area (Å²) in [7, 11) is 0. The van der Waals surface area contributed by atoms with Gasteiger partial charge in [-0.25, -0.2) is 4.98 Å². The minimum Gasteiger partial charge on any atom is -0.322 e. The van der Waals surface area contributed by atoms with Crippen molar-refractivity contribution in [2.45, 2.75) is 12.6 Å². The zero-order chi connectivity index (χ0) is 24.1. The number of nitrogens with zero attached hydrogens (tertiary/aromatic N) is 2. The van der Waals surface area contributed by atoms with E-state index in [9.17, 15) is 22.8 Å². The van der Waals surface area contributed by atoms with Crippen LogP contribution in [-0.2, 0) is 12.6 Å². The maximum Gasteiger partial charge on any atom is 0.416 e. The van der Waals surface area contributed by atoms with Gasteiger partial charge in [0.1, 0.15) is 0 Å². The first kappa shape index (κ1) is 23.1. The monoisotopic (exact) mass is 482 g/mol. The minimum atomic E-state index is -4.41. The Hall–Kier alpha value is -4.05. The molecule has 0 bridgehead atoms. The number of carbonyl (C=O) groups excluding carboxylic acids is 2. The smallest absolute Gasteiger partial charge is 0.322 e. The molecule has 0 fully saturated rings. The number of thiazole rings is 1. The molecule has 10 heteroatoms. The molecule has 4 aromatic rings. The first-order chi connectivity index (χ1) is 16.3. The molecular weight excluding hydrogens is 465 g/mol. The van der Waals surface area contributed by atoms with E-state index in [0.29, 0.717) is 32.4 Å². The molecule has 172 valence electrons. The lowest BCUT2D eigenvalue weighted by molar-refractivity contribution is -0.137. The van der Waals surface area contributed by atoms with E-state index in [2.05, 4.69) is 20.6 Å². The highest BCUT2D eigenvalue weighted by atomic mass is 32.1. The van der Waals surface area contributed by atoms with Gasteiger partial charge in [-0.05, 0) is 42.0 Å². The van der Waals surface area contributed by atoms with E-state index in [1.54, 1.807) is 42.6 Å². The Bertz CT molecular complexity index is 1320. The van der Waals surface area contributed by atoms with Crippen LogP contribution in [0.15, 0.2) is 79.3 Å². The van der Waals surface area contributed by atoms with Crippen molar-refractivity contribution in [3.63, 3.8) is 0 Å². The first-order valence-corrected chi connectivity index (χ1v) is 10.8. The fourth-order valence-corrected chi connectivity index (χ4v) is 3.96. The molecule has 0 spiro atoms. The average molecular weight is 482 g/mol. The predicted molar refractivity (Wildman–Crippen MR) is 123 cm³/mol. The molecule has 0 atom stereocenters. The molecule has 0 aliphatic carbocycles. The molecule has 2 N–H and O–H groups in total. The summed E-state index contributed by atoms with van der Waals surface area (Å²) in [6.45, 7) is 0. The number of carbonyl (C=O) groups is 2. The second-order valence-corrected chi connectivity index (χ2v) is 8.35. The van der Waals surface area contributed by atoms with Crippen molar-refractivity contribution in [3.05, 3.63) is 106 Å². The number of halogens is 3. The highest BCUT2D eigenvalue weighted by Crippen LogP contribution is 2.30. The molecule has 0 saturated heterocycles. The molecule has 0 aliphatic heterocycles. The van der Waals surface area contributed by atoms with Crippen molar-refractivity contribution >= 4 is 34.0 Å². The molecule has 0 unspecified atom stereocenters. The fraction of sp³-hybridized carbons (Fsp3) is 0.0833. The second kappa shape index (κ2) is 9.84. The number of pyridine rings is 1. The molecular formula is C24H17F3N4O2S. The third-order valence-corrected chi connectivity index (χ3v) is 5.63. The van der Waals surface area contributed by atoms with Gasteiger partial charge in [0.2, 0.25) is 0 Å². The maximum absolute atomic E-state index is 12.9. The summed E-state index contributed by atoms with van der Waals surface area (Å²) in [5, 5.41) is 5.71. The van der Waals surface area contributed by atoms with E-state index in [4.69, 9.17) is 0 Å². The van der Waals surface area contributed by atoms with Gasteiger partial charge in [0, 0.05) is 41.1 Å². The van der Waals surface area contributed by atoms with Crippen LogP contribution < -0.4 is 10.6 Å². The predicted octanol–water partition coefficient (Wildman–Crippen LogP) is 5.65. The van der Waals surface area contributed by atoms with E-state index in [0.717, 1.165) is 12.1 Å². The van der Waals surface area contributed by atoms with Gasteiger partial charge < -0.3 is 5.32 Å². The van der Waals surface area contributed by atoms with Crippen LogP contribution in [0.1, 0.15) is 36.7 Å². The molecule has 2 aromatic heterocycles. The van der Waals surface area contributed by atoms with Crippen LogP contribution in [0.4, 0.5) is 24.0 Å². The number of anilines is 2. The molecule has 0 saturated carbocycles. The summed E-state index contributed by atoms with van der Waals surface area (Å²) in [6, 6.07) is 14.8. The summed E-state index contributed by atoms with van der Waals surface area (Å²) in [6.07, 6.45) is 0.365. The lowest BCUT2D eigenvalue weighted by atomic mass is 10.1. The van der Waals surface area contributed by atoms with Crippen LogP contribution in [-0.4, -0.2) is 21.8 Å². The molecule has 2 heterocycles. The summed E-state index contributed by atoms with van der Waals surface area (Å²) in [4.78, 5) is 33.7. The molecule has 0 radical (unpaired) electrons. The molecule has 0 aliphatic rings. The third kappa shape index (κ3) is 5.84. The molecule has 2 aromatic carbocycles. The van der Waals surface area contributed by atoms with Gasteiger partial charge in [-0.2, -0.15) is 13.2 Å².